The van der Waals surface area contributed by atoms with Crippen molar-refractivity contribution in [1.29, 1.82) is 0 Å². The fourth-order valence-corrected chi connectivity index (χ4v) is 4.43. The van der Waals surface area contributed by atoms with Crippen molar-refractivity contribution in [2.45, 2.75) is 32.0 Å². The molecule has 0 aromatic carbocycles. The van der Waals surface area contributed by atoms with Crippen molar-refractivity contribution < 1.29 is 27.4 Å². The third kappa shape index (κ3) is 4.24. The maximum absolute atomic E-state index is 12.8. The van der Waals surface area contributed by atoms with Gasteiger partial charge in [0.1, 0.15) is 11.7 Å². The van der Waals surface area contributed by atoms with E-state index in [0.29, 0.717) is 10.00 Å². The van der Waals surface area contributed by atoms with Crippen LogP contribution in [-0.2, 0) is 31.3 Å². The summed E-state index contributed by atoms with van der Waals surface area (Å²) in [5.41, 5.74) is 4.66. The fourth-order valence-electron chi connectivity index (χ4n) is 2.85. The number of hydrogen-bond acceptors (Lipinski definition) is 10. The zero-order chi connectivity index (χ0) is 22.1. The van der Waals surface area contributed by atoms with Gasteiger partial charge < -0.3 is 15.9 Å². The minimum atomic E-state index is -4.76. The van der Waals surface area contributed by atoms with E-state index in [9.17, 15) is 22.6 Å². The molecule has 0 saturated carbocycles. The number of oxime groups is 1. The number of hydrogen-bond donors (Lipinski definition) is 3. The number of anilines is 1. The zero-order valence-electron chi connectivity index (χ0n) is 15.8. The number of carbonyl (C=O) groups excluding carboxylic acids is 2. The molecule has 2 aromatic rings. The molecule has 1 saturated heterocycles. The van der Waals surface area contributed by atoms with Gasteiger partial charge in [-0.1, -0.05) is 11.2 Å². The molecule has 14 heteroatoms. The lowest BCUT2D eigenvalue weighted by Crippen LogP contribution is -2.77. The van der Waals surface area contributed by atoms with Crippen LogP contribution in [-0.4, -0.2) is 56.4 Å². The second-order valence-corrected chi connectivity index (χ2v) is 8.90. The Balaban J connectivity index is 1.79. The van der Waals surface area contributed by atoms with Crippen LogP contribution in [0.1, 0.15) is 25.2 Å². The van der Waals surface area contributed by atoms with Gasteiger partial charge in [-0.25, -0.2) is 9.29 Å². The molecule has 0 bridgehead atoms. The Labute approximate surface area is 175 Å². The number of β-lactam (4-membered cyclic amide) rings is 1. The van der Waals surface area contributed by atoms with Crippen LogP contribution >= 0.6 is 11.3 Å². The number of aromatic nitrogens is 2. The molecule has 160 valence electrons. The van der Waals surface area contributed by atoms with Gasteiger partial charge in [0, 0.05) is 11.6 Å². The number of nitrogens with two attached hydrogens (primary N) is 1. The maximum atomic E-state index is 12.8. The number of nitrogens with one attached hydrogen (secondary N) is 1. The van der Waals surface area contributed by atoms with Gasteiger partial charge in [-0.05, 0) is 26.0 Å². The van der Waals surface area contributed by atoms with Crippen molar-refractivity contribution in [3.05, 3.63) is 41.2 Å². The molecule has 3 rings (SSSR count). The average molecular weight is 454 g/mol. The molecular weight excluding hydrogens is 436 g/mol. The summed E-state index contributed by atoms with van der Waals surface area (Å²) in [5, 5.41) is 7.89. The van der Waals surface area contributed by atoms with Gasteiger partial charge in [0.15, 0.2) is 17.5 Å². The van der Waals surface area contributed by atoms with Gasteiger partial charge in [-0.2, -0.15) is 8.42 Å². The molecule has 0 radical (unpaired) electrons. The quantitative estimate of drug-likeness (QED) is 0.224. The Kier molecular flexibility index (Phi) is 5.74. The number of rotatable bonds is 7. The van der Waals surface area contributed by atoms with Gasteiger partial charge in [-0.15, -0.1) is 11.3 Å². The lowest BCUT2D eigenvalue weighted by atomic mass is 9.85. The predicted molar refractivity (Wildman–Crippen MR) is 106 cm³/mol. The summed E-state index contributed by atoms with van der Waals surface area (Å²) in [4.78, 5) is 38.2. The normalized spacial score (nSPS) is 18.6. The summed E-state index contributed by atoms with van der Waals surface area (Å²) in [7, 11) is -4.76. The second-order valence-electron chi connectivity index (χ2n) is 6.75. The number of carbonyl (C=O) groups is 2. The van der Waals surface area contributed by atoms with Gasteiger partial charge in [0.05, 0.1) is 11.2 Å². The van der Waals surface area contributed by atoms with Crippen LogP contribution in [0.5, 0.6) is 0 Å². The maximum Gasteiger partial charge on any atom is 0.362 e. The number of amides is 2. The molecule has 2 aromatic heterocycles. The molecule has 0 aliphatic carbocycles. The Morgan fingerprint density at radius 1 is 1.47 bits per heavy atom. The van der Waals surface area contributed by atoms with Crippen molar-refractivity contribution in [1.82, 2.24) is 19.6 Å². The van der Waals surface area contributed by atoms with E-state index in [-0.39, 0.29) is 23.1 Å². The number of pyridine rings is 1. The molecule has 0 spiro atoms. The SMILES string of the molecule is CC1(C)[C@H](NC(=O)/C(=N\OCc2ccccn2)c2csc(N)n2)C(=O)N1S(=O)(=O)O. The van der Waals surface area contributed by atoms with Gasteiger partial charge >= 0.3 is 10.3 Å². The van der Waals surface area contributed by atoms with Crippen LogP contribution < -0.4 is 11.1 Å². The molecule has 1 aliphatic heterocycles. The van der Waals surface area contributed by atoms with Crippen LogP contribution in [0.4, 0.5) is 5.13 Å². The van der Waals surface area contributed by atoms with E-state index >= 15 is 0 Å². The molecular formula is C16H18N6O6S2. The Morgan fingerprint density at radius 2 is 2.20 bits per heavy atom. The van der Waals surface area contributed by atoms with Crippen molar-refractivity contribution in [2.75, 3.05) is 5.73 Å². The molecule has 4 N–H and O–H groups in total. The van der Waals surface area contributed by atoms with E-state index in [0.717, 1.165) is 11.3 Å². The summed E-state index contributed by atoms with van der Waals surface area (Å²) in [6, 6.07) is 3.98. The monoisotopic (exact) mass is 454 g/mol. The Bertz CT molecular complexity index is 1100. The lowest BCUT2D eigenvalue weighted by Gasteiger charge is -2.50. The van der Waals surface area contributed by atoms with Crippen LogP contribution in [0.3, 0.4) is 0 Å². The van der Waals surface area contributed by atoms with Crippen LogP contribution in [0, 0.1) is 0 Å². The molecule has 3 heterocycles. The average Bonchev–Trinajstić information content (AvgIpc) is 3.08. The molecule has 2 amide bonds. The van der Waals surface area contributed by atoms with Gasteiger partial charge in [0.25, 0.3) is 11.8 Å². The minimum absolute atomic E-state index is 0.0262. The second kappa shape index (κ2) is 7.97. The van der Waals surface area contributed by atoms with Crippen molar-refractivity contribution in [3.63, 3.8) is 0 Å². The first-order valence-electron chi connectivity index (χ1n) is 8.45. The summed E-state index contributed by atoms with van der Waals surface area (Å²) in [6.07, 6.45) is 1.57. The summed E-state index contributed by atoms with van der Waals surface area (Å²) in [5.74, 6) is -1.81. The standard InChI is InChI=1S/C16H18N6O6S2/c1-16(2)12(14(24)22(16)30(25,26)27)20-13(23)11(10-8-29-15(17)19-10)21-28-7-9-5-3-4-6-18-9/h3-6,8,12H,7H2,1-2H3,(H2,17,19)(H,20,23)(H,25,26,27)/b21-11-/t12-/m1/s1. The fraction of sp³-hybridized carbons (Fsp3) is 0.312. The van der Waals surface area contributed by atoms with E-state index in [4.69, 9.17) is 10.6 Å². The predicted octanol–water partition coefficient (Wildman–Crippen LogP) is -0.0504. The largest absolute Gasteiger partial charge is 0.389 e. The highest BCUT2D eigenvalue weighted by Gasteiger charge is 2.60. The van der Waals surface area contributed by atoms with Crippen molar-refractivity contribution >= 4 is 44.3 Å². The Hall–Kier alpha value is -3.10. The van der Waals surface area contributed by atoms with Crippen LogP contribution in [0.2, 0.25) is 0 Å². The summed E-state index contributed by atoms with van der Waals surface area (Å²) >= 11 is 1.07. The van der Waals surface area contributed by atoms with E-state index in [1.165, 1.54) is 19.2 Å². The number of nitrogens with zero attached hydrogens (tertiary/aromatic N) is 4. The molecule has 1 aliphatic rings. The van der Waals surface area contributed by atoms with Crippen LogP contribution in [0.15, 0.2) is 34.9 Å². The summed E-state index contributed by atoms with van der Waals surface area (Å²) in [6.45, 7) is 2.73. The smallest absolute Gasteiger partial charge is 0.362 e. The number of thiazole rings is 1. The molecule has 0 unspecified atom stereocenters. The first kappa shape index (κ1) is 21.6. The topological polar surface area (TPSA) is 177 Å². The molecule has 30 heavy (non-hydrogen) atoms. The molecule has 12 nitrogen and oxygen atoms in total. The minimum Gasteiger partial charge on any atom is -0.389 e. The Morgan fingerprint density at radius 3 is 2.73 bits per heavy atom. The first-order valence-corrected chi connectivity index (χ1v) is 10.7. The van der Waals surface area contributed by atoms with E-state index in [1.54, 1.807) is 24.4 Å². The number of nitrogen functional groups attached to an aromatic ring is 1. The highest BCUT2D eigenvalue weighted by molar-refractivity contribution is 7.84. The third-order valence-corrected chi connectivity index (χ3v) is 6.04. The first-order chi connectivity index (χ1) is 14.0. The molecule has 1 atom stereocenters. The third-order valence-electron chi connectivity index (χ3n) is 4.26. The van der Waals surface area contributed by atoms with Gasteiger partial charge in [-0.3, -0.25) is 19.1 Å². The van der Waals surface area contributed by atoms with Crippen LogP contribution in [0.25, 0.3) is 0 Å². The van der Waals surface area contributed by atoms with Gasteiger partial charge in [0.2, 0.25) is 0 Å². The summed E-state index contributed by atoms with van der Waals surface area (Å²) < 4.78 is 32.3. The van der Waals surface area contributed by atoms with Crippen molar-refractivity contribution in [3.8, 4) is 0 Å². The highest BCUT2D eigenvalue weighted by Crippen LogP contribution is 2.34. The van der Waals surface area contributed by atoms with E-state index < -0.39 is 33.7 Å². The van der Waals surface area contributed by atoms with E-state index in [2.05, 4.69) is 20.4 Å². The molecule has 1 fully saturated rings. The van der Waals surface area contributed by atoms with Crippen molar-refractivity contribution in [2.24, 2.45) is 5.16 Å². The lowest BCUT2D eigenvalue weighted by molar-refractivity contribution is -0.151. The zero-order valence-corrected chi connectivity index (χ0v) is 17.5. The van der Waals surface area contributed by atoms with E-state index in [1.807, 2.05) is 0 Å². The highest BCUT2D eigenvalue weighted by atomic mass is 32.2.